The fourth-order valence-corrected chi connectivity index (χ4v) is 4.36. The van der Waals surface area contributed by atoms with Crippen LogP contribution in [0, 0.1) is 6.92 Å². The predicted octanol–water partition coefficient (Wildman–Crippen LogP) is 3.73. The smallest absolute Gasteiger partial charge is 0.263 e. The normalized spacial score (nSPS) is 17.4. The van der Waals surface area contributed by atoms with Crippen LogP contribution in [-0.2, 0) is 0 Å². The van der Waals surface area contributed by atoms with Gasteiger partial charge in [0.15, 0.2) is 0 Å². The van der Waals surface area contributed by atoms with E-state index in [-0.39, 0.29) is 5.91 Å². The highest BCUT2D eigenvalue weighted by Gasteiger charge is 2.21. The lowest BCUT2D eigenvalue weighted by atomic mass is 10.1. The molecule has 1 aliphatic heterocycles. The average Bonchev–Trinajstić information content (AvgIpc) is 3.22. The number of hydrogen-bond donors (Lipinski definition) is 1. The first-order valence-electron chi connectivity index (χ1n) is 9.27. The first-order chi connectivity index (χ1) is 12.6. The van der Waals surface area contributed by atoms with Gasteiger partial charge >= 0.3 is 0 Å². The van der Waals surface area contributed by atoms with E-state index in [9.17, 15) is 4.79 Å². The second-order valence-corrected chi connectivity index (χ2v) is 7.71. The third-order valence-electron chi connectivity index (χ3n) is 4.85. The van der Waals surface area contributed by atoms with E-state index in [0.29, 0.717) is 24.1 Å². The highest BCUT2D eigenvalue weighted by Crippen LogP contribution is 2.29. The van der Waals surface area contributed by atoms with Crippen LogP contribution in [0.1, 0.15) is 41.6 Å². The van der Waals surface area contributed by atoms with E-state index in [4.69, 9.17) is 4.74 Å². The first kappa shape index (κ1) is 18.9. The van der Waals surface area contributed by atoms with Gasteiger partial charge in [-0.3, -0.25) is 4.79 Å². The minimum absolute atomic E-state index is 0.0159. The van der Waals surface area contributed by atoms with Gasteiger partial charge in [-0.2, -0.15) is 0 Å². The molecule has 1 aromatic carbocycles. The standard InChI is InChI=1S/C20H27N3O2S/c1-4-25-17-9-7-15(8-10-17)20-22-14(2)18(26-20)19(24)21-12-11-16-6-5-13-23(16)3/h7-10,16H,4-6,11-13H2,1-3H3,(H,21,24). The summed E-state index contributed by atoms with van der Waals surface area (Å²) in [6.07, 6.45) is 3.49. The predicted molar refractivity (Wildman–Crippen MR) is 106 cm³/mol. The molecule has 2 aromatic rings. The van der Waals surface area contributed by atoms with Gasteiger partial charge in [-0.25, -0.2) is 4.98 Å². The van der Waals surface area contributed by atoms with Gasteiger partial charge in [-0.05, 0) is 71.0 Å². The van der Waals surface area contributed by atoms with Gasteiger partial charge in [-0.1, -0.05) is 0 Å². The van der Waals surface area contributed by atoms with Crippen LogP contribution < -0.4 is 10.1 Å². The molecule has 0 aliphatic carbocycles. The van der Waals surface area contributed by atoms with E-state index < -0.39 is 0 Å². The number of ether oxygens (including phenoxy) is 1. The maximum Gasteiger partial charge on any atom is 0.263 e. The molecule has 1 fully saturated rings. The van der Waals surface area contributed by atoms with Crippen molar-refractivity contribution in [1.29, 1.82) is 0 Å². The summed E-state index contributed by atoms with van der Waals surface area (Å²) < 4.78 is 5.47. The van der Waals surface area contributed by atoms with Crippen molar-refractivity contribution in [1.82, 2.24) is 15.2 Å². The molecule has 1 N–H and O–H groups in total. The third kappa shape index (κ3) is 4.43. The van der Waals surface area contributed by atoms with E-state index >= 15 is 0 Å². The molecule has 1 atom stereocenters. The van der Waals surface area contributed by atoms with E-state index in [1.807, 2.05) is 38.1 Å². The summed E-state index contributed by atoms with van der Waals surface area (Å²) in [5.74, 6) is 0.831. The lowest BCUT2D eigenvalue weighted by molar-refractivity contribution is 0.0953. The second kappa shape index (κ2) is 8.64. The van der Waals surface area contributed by atoms with Crippen LogP contribution >= 0.6 is 11.3 Å². The van der Waals surface area contributed by atoms with Gasteiger partial charge < -0.3 is 15.0 Å². The molecule has 3 rings (SSSR count). The molecule has 0 spiro atoms. The van der Waals surface area contributed by atoms with Gasteiger partial charge in [0.2, 0.25) is 0 Å². The molecule has 1 aliphatic rings. The van der Waals surface area contributed by atoms with Crippen LogP contribution in [0.3, 0.4) is 0 Å². The summed E-state index contributed by atoms with van der Waals surface area (Å²) in [6.45, 7) is 6.39. The molecule has 140 valence electrons. The minimum Gasteiger partial charge on any atom is -0.494 e. The molecule has 5 nitrogen and oxygen atoms in total. The molecular weight excluding hydrogens is 346 g/mol. The van der Waals surface area contributed by atoms with Crippen LogP contribution in [0.25, 0.3) is 10.6 Å². The zero-order chi connectivity index (χ0) is 18.5. The number of carbonyl (C=O) groups is 1. The number of hydrogen-bond acceptors (Lipinski definition) is 5. The number of benzene rings is 1. The molecule has 6 heteroatoms. The lowest BCUT2D eigenvalue weighted by Crippen LogP contribution is -2.31. The van der Waals surface area contributed by atoms with E-state index in [2.05, 4.69) is 22.2 Å². The number of nitrogens with one attached hydrogen (secondary N) is 1. The van der Waals surface area contributed by atoms with Crippen molar-refractivity contribution in [3.8, 4) is 16.3 Å². The molecule has 1 saturated heterocycles. The highest BCUT2D eigenvalue weighted by molar-refractivity contribution is 7.17. The number of rotatable bonds is 7. The number of thiazole rings is 1. The molecule has 1 unspecified atom stereocenters. The number of nitrogens with zero attached hydrogens (tertiary/aromatic N) is 2. The van der Waals surface area contributed by atoms with E-state index in [1.54, 1.807) is 0 Å². The Bertz CT molecular complexity index is 742. The Morgan fingerprint density at radius 1 is 1.38 bits per heavy atom. The number of aromatic nitrogens is 1. The molecule has 26 heavy (non-hydrogen) atoms. The van der Waals surface area contributed by atoms with Crippen molar-refractivity contribution in [2.45, 2.75) is 39.2 Å². The third-order valence-corrected chi connectivity index (χ3v) is 6.05. The fourth-order valence-electron chi connectivity index (χ4n) is 3.37. The van der Waals surface area contributed by atoms with Crippen LogP contribution in [-0.4, -0.2) is 48.6 Å². The Morgan fingerprint density at radius 3 is 2.81 bits per heavy atom. The van der Waals surface area contributed by atoms with Crippen molar-refractivity contribution in [3.63, 3.8) is 0 Å². The largest absolute Gasteiger partial charge is 0.494 e. The molecule has 0 radical (unpaired) electrons. The van der Waals surface area contributed by atoms with E-state index in [0.717, 1.165) is 35.0 Å². The van der Waals surface area contributed by atoms with Crippen molar-refractivity contribution in [2.75, 3.05) is 26.7 Å². The average molecular weight is 374 g/mol. The molecule has 1 aromatic heterocycles. The van der Waals surface area contributed by atoms with Crippen molar-refractivity contribution >= 4 is 17.2 Å². The van der Waals surface area contributed by atoms with Crippen molar-refractivity contribution in [3.05, 3.63) is 34.8 Å². The fraction of sp³-hybridized carbons (Fsp3) is 0.500. The van der Waals surface area contributed by atoms with Crippen LogP contribution in [0.4, 0.5) is 0 Å². The number of likely N-dealkylation sites (tertiary alicyclic amines) is 1. The first-order valence-corrected chi connectivity index (χ1v) is 10.1. The monoisotopic (exact) mass is 373 g/mol. The van der Waals surface area contributed by atoms with Gasteiger partial charge in [-0.15, -0.1) is 11.3 Å². The van der Waals surface area contributed by atoms with Crippen molar-refractivity contribution < 1.29 is 9.53 Å². The Balaban J connectivity index is 1.60. The van der Waals surface area contributed by atoms with Gasteiger partial charge in [0, 0.05) is 18.2 Å². The molecule has 0 saturated carbocycles. The number of aryl methyl sites for hydroxylation is 1. The molecule has 2 heterocycles. The van der Waals surface area contributed by atoms with Gasteiger partial charge in [0.05, 0.1) is 12.3 Å². The minimum atomic E-state index is -0.0159. The molecular formula is C20H27N3O2S. The number of carbonyl (C=O) groups excluding carboxylic acids is 1. The van der Waals surface area contributed by atoms with Crippen LogP contribution in [0.15, 0.2) is 24.3 Å². The molecule has 0 bridgehead atoms. The summed E-state index contributed by atoms with van der Waals surface area (Å²) in [7, 11) is 2.16. The van der Waals surface area contributed by atoms with Crippen LogP contribution in [0.5, 0.6) is 5.75 Å². The maximum atomic E-state index is 12.5. The number of amides is 1. The zero-order valence-corrected chi connectivity index (χ0v) is 16.6. The lowest BCUT2D eigenvalue weighted by Gasteiger charge is -2.19. The van der Waals surface area contributed by atoms with Gasteiger partial charge in [0.1, 0.15) is 15.6 Å². The van der Waals surface area contributed by atoms with Crippen molar-refractivity contribution in [2.24, 2.45) is 0 Å². The maximum absolute atomic E-state index is 12.5. The highest BCUT2D eigenvalue weighted by atomic mass is 32.1. The summed E-state index contributed by atoms with van der Waals surface area (Å²) in [5.41, 5.74) is 1.79. The second-order valence-electron chi connectivity index (χ2n) is 6.71. The Morgan fingerprint density at radius 2 is 2.15 bits per heavy atom. The Labute approximate surface area is 159 Å². The quantitative estimate of drug-likeness (QED) is 0.803. The summed E-state index contributed by atoms with van der Waals surface area (Å²) in [4.78, 5) is 20.2. The van der Waals surface area contributed by atoms with Gasteiger partial charge in [0.25, 0.3) is 5.91 Å². The van der Waals surface area contributed by atoms with Crippen LogP contribution in [0.2, 0.25) is 0 Å². The summed E-state index contributed by atoms with van der Waals surface area (Å²) in [5, 5.41) is 3.93. The summed E-state index contributed by atoms with van der Waals surface area (Å²) in [6, 6.07) is 8.44. The SMILES string of the molecule is CCOc1ccc(-c2nc(C)c(C(=O)NCCC3CCCN3C)s2)cc1. The topological polar surface area (TPSA) is 54.5 Å². The summed E-state index contributed by atoms with van der Waals surface area (Å²) >= 11 is 1.45. The molecule has 1 amide bonds. The van der Waals surface area contributed by atoms with E-state index in [1.165, 1.54) is 24.2 Å². The zero-order valence-electron chi connectivity index (χ0n) is 15.7. The Kier molecular flexibility index (Phi) is 6.27. The Hall–Kier alpha value is -1.92.